The zero-order valence-electron chi connectivity index (χ0n) is 13.0. The lowest BCUT2D eigenvalue weighted by Gasteiger charge is -2.09. The molecule has 0 fully saturated rings. The van der Waals surface area contributed by atoms with Crippen LogP contribution in [-0.2, 0) is 0 Å². The van der Waals surface area contributed by atoms with E-state index in [9.17, 15) is 4.79 Å². The van der Waals surface area contributed by atoms with E-state index in [4.69, 9.17) is 4.52 Å². The van der Waals surface area contributed by atoms with Gasteiger partial charge in [-0.3, -0.25) is 4.79 Å². The summed E-state index contributed by atoms with van der Waals surface area (Å²) in [6.45, 7) is 3.81. The minimum absolute atomic E-state index is 0.172. The van der Waals surface area contributed by atoms with Gasteiger partial charge in [-0.25, -0.2) is 0 Å². The number of rotatable bonds is 4. The Kier molecular flexibility index (Phi) is 4.19. The van der Waals surface area contributed by atoms with Gasteiger partial charge in [0.1, 0.15) is 6.04 Å². The second kappa shape index (κ2) is 6.44. The fraction of sp³-hybridized carbons (Fsp3) is 0.167. The zero-order chi connectivity index (χ0) is 16.2. The number of carbonyl (C=O) groups excluding carboxylic acids is 1. The van der Waals surface area contributed by atoms with E-state index in [0.717, 1.165) is 11.1 Å². The smallest absolute Gasteiger partial charge is 0.251 e. The molecule has 1 N–H and O–H groups in total. The second-order valence-corrected chi connectivity index (χ2v) is 5.33. The molecule has 0 aliphatic rings. The van der Waals surface area contributed by atoms with Gasteiger partial charge < -0.3 is 9.84 Å². The average molecular weight is 307 g/mol. The van der Waals surface area contributed by atoms with E-state index in [1.165, 1.54) is 0 Å². The van der Waals surface area contributed by atoms with E-state index < -0.39 is 0 Å². The standard InChI is InChI=1S/C18H17N3O2/c1-12-8-6-7-11-15(12)16-20-18(23-21-16)13(2)19-17(22)14-9-4-3-5-10-14/h3-11,13H,1-2H3,(H,19,22)/t13-/m1/s1. The summed E-state index contributed by atoms with van der Waals surface area (Å²) in [5.41, 5.74) is 2.59. The SMILES string of the molecule is Cc1ccccc1-c1noc([C@@H](C)NC(=O)c2ccccc2)n1. The first-order valence-corrected chi connectivity index (χ1v) is 7.40. The highest BCUT2D eigenvalue weighted by molar-refractivity contribution is 5.94. The van der Waals surface area contributed by atoms with Crippen molar-refractivity contribution >= 4 is 5.91 Å². The van der Waals surface area contributed by atoms with Crippen LogP contribution in [0.15, 0.2) is 59.1 Å². The zero-order valence-corrected chi connectivity index (χ0v) is 13.0. The molecule has 1 aromatic heterocycles. The Balaban J connectivity index is 1.75. The molecular formula is C18H17N3O2. The Morgan fingerprint density at radius 1 is 1.09 bits per heavy atom. The molecule has 0 saturated carbocycles. The Bertz CT molecular complexity index is 812. The van der Waals surface area contributed by atoms with E-state index in [0.29, 0.717) is 17.3 Å². The Morgan fingerprint density at radius 2 is 1.78 bits per heavy atom. The molecule has 0 unspecified atom stereocenters. The summed E-state index contributed by atoms with van der Waals surface area (Å²) in [5, 5.41) is 6.87. The van der Waals surface area contributed by atoms with Crippen LogP contribution < -0.4 is 5.32 Å². The number of nitrogens with zero attached hydrogens (tertiary/aromatic N) is 2. The highest BCUT2D eigenvalue weighted by Crippen LogP contribution is 2.21. The number of nitrogens with one attached hydrogen (secondary N) is 1. The Hall–Kier alpha value is -2.95. The van der Waals surface area contributed by atoms with Crippen molar-refractivity contribution in [2.45, 2.75) is 19.9 Å². The maximum atomic E-state index is 12.2. The normalized spacial score (nSPS) is 11.9. The van der Waals surface area contributed by atoms with E-state index in [1.54, 1.807) is 12.1 Å². The van der Waals surface area contributed by atoms with Gasteiger partial charge in [0, 0.05) is 11.1 Å². The molecule has 0 spiro atoms. The molecule has 5 nitrogen and oxygen atoms in total. The van der Waals surface area contributed by atoms with Crippen molar-refractivity contribution in [2.24, 2.45) is 0 Å². The number of aromatic nitrogens is 2. The summed E-state index contributed by atoms with van der Waals surface area (Å²) in [6, 6.07) is 16.5. The second-order valence-electron chi connectivity index (χ2n) is 5.33. The Labute approximate surface area is 134 Å². The average Bonchev–Trinajstić information content (AvgIpc) is 3.06. The third-order valence-electron chi connectivity index (χ3n) is 3.58. The summed E-state index contributed by atoms with van der Waals surface area (Å²) >= 11 is 0. The third kappa shape index (κ3) is 3.29. The number of hydrogen-bond acceptors (Lipinski definition) is 4. The van der Waals surface area contributed by atoms with Crippen molar-refractivity contribution in [1.82, 2.24) is 15.5 Å². The van der Waals surface area contributed by atoms with Crippen LogP contribution in [0.2, 0.25) is 0 Å². The van der Waals surface area contributed by atoms with Crippen LogP contribution in [0.3, 0.4) is 0 Å². The molecule has 5 heteroatoms. The van der Waals surface area contributed by atoms with Crippen LogP contribution in [0.25, 0.3) is 11.4 Å². The number of aryl methyl sites for hydroxylation is 1. The van der Waals surface area contributed by atoms with Crippen molar-refractivity contribution in [3.8, 4) is 11.4 Å². The number of carbonyl (C=O) groups is 1. The van der Waals surface area contributed by atoms with Gasteiger partial charge in [-0.05, 0) is 31.5 Å². The quantitative estimate of drug-likeness (QED) is 0.800. The van der Waals surface area contributed by atoms with Gasteiger partial charge in [0.15, 0.2) is 0 Å². The number of amides is 1. The predicted molar refractivity (Wildman–Crippen MR) is 86.8 cm³/mol. The van der Waals surface area contributed by atoms with E-state index in [-0.39, 0.29) is 11.9 Å². The molecule has 1 atom stereocenters. The van der Waals surface area contributed by atoms with Crippen molar-refractivity contribution in [2.75, 3.05) is 0 Å². The lowest BCUT2D eigenvalue weighted by Crippen LogP contribution is -2.26. The molecule has 0 saturated heterocycles. The molecule has 0 bridgehead atoms. The lowest BCUT2D eigenvalue weighted by atomic mass is 10.1. The van der Waals surface area contributed by atoms with Crippen LogP contribution >= 0.6 is 0 Å². The van der Waals surface area contributed by atoms with Gasteiger partial charge >= 0.3 is 0 Å². The minimum Gasteiger partial charge on any atom is -0.341 e. The third-order valence-corrected chi connectivity index (χ3v) is 3.58. The summed E-state index contributed by atoms with van der Waals surface area (Å²) in [7, 11) is 0. The van der Waals surface area contributed by atoms with Crippen LogP contribution in [0, 0.1) is 6.92 Å². The van der Waals surface area contributed by atoms with Gasteiger partial charge in [-0.15, -0.1) is 0 Å². The first-order chi connectivity index (χ1) is 11.1. The van der Waals surface area contributed by atoms with Gasteiger partial charge in [0.05, 0.1) is 0 Å². The highest BCUT2D eigenvalue weighted by atomic mass is 16.5. The molecule has 3 rings (SSSR count). The van der Waals surface area contributed by atoms with Crippen LogP contribution in [0.4, 0.5) is 0 Å². The maximum Gasteiger partial charge on any atom is 0.251 e. The molecule has 3 aromatic rings. The first-order valence-electron chi connectivity index (χ1n) is 7.40. The van der Waals surface area contributed by atoms with E-state index in [2.05, 4.69) is 15.5 Å². The van der Waals surface area contributed by atoms with E-state index in [1.807, 2.05) is 56.3 Å². The summed E-state index contributed by atoms with van der Waals surface area (Å²) in [4.78, 5) is 16.6. The van der Waals surface area contributed by atoms with Crippen molar-refractivity contribution < 1.29 is 9.32 Å². The largest absolute Gasteiger partial charge is 0.341 e. The summed E-state index contributed by atoms with van der Waals surface area (Å²) in [6.07, 6.45) is 0. The van der Waals surface area contributed by atoms with Crippen molar-refractivity contribution in [3.63, 3.8) is 0 Å². The summed E-state index contributed by atoms with van der Waals surface area (Å²) in [5.74, 6) is 0.736. The maximum absolute atomic E-state index is 12.2. The minimum atomic E-state index is -0.368. The molecule has 0 aliphatic heterocycles. The van der Waals surface area contributed by atoms with Crippen molar-refractivity contribution in [1.29, 1.82) is 0 Å². The van der Waals surface area contributed by atoms with Gasteiger partial charge in [-0.1, -0.05) is 47.6 Å². The molecule has 23 heavy (non-hydrogen) atoms. The van der Waals surface area contributed by atoms with Gasteiger partial charge in [-0.2, -0.15) is 4.98 Å². The molecule has 0 radical (unpaired) electrons. The first kappa shape index (κ1) is 15.0. The fourth-order valence-electron chi connectivity index (χ4n) is 2.28. The molecular weight excluding hydrogens is 290 g/mol. The predicted octanol–water partition coefficient (Wildman–Crippen LogP) is 3.54. The van der Waals surface area contributed by atoms with Gasteiger partial charge in [0.25, 0.3) is 5.91 Å². The fourth-order valence-corrected chi connectivity index (χ4v) is 2.28. The highest BCUT2D eigenvalue weighted by Gasteiger charge is 2.18. The summed E-state index contributed by atoms with van der Waals surface area (Å²) < 4.78 is 5.30. The molecule has 1 heterocycles. The molecule has 1 amide bonds. The number of hydrogen-bond donors (Lipinski definition) is 1. The van der Waals surface area contributed by atoms with Gasteiger partial charge in [0.2, 0.25) is 11.7 Å². The monoisotopic (exact) mass is 307 g/mol. The van der Waals surface area contributed by atoms with E-state index >= 15 is 0 Å². The van der Waals surface area contributed by atoms with Crippen LogP contribution in [-0.4, -0.2) is 16.0 Å². The van der Waals surface area contributed by atoms with Crippen LogP contribution in [0.5, 0.6) is 0 Å². The van der Waals surface area contributed by atoms with Crippen molar-refractivity contribution in [3.05, 3.63) is 71.6 Å². The molecule has 116 valence electrons. The van der Waals surface area contributed by atoms with Crippen LogP contribution in [0.1, 0.15) is 34.8 Å². The topological polar surface area (TPSA) is 68.0 Å². The lowest BCUT2D eigenvalue weighted by molar-refractivity contribution is 0.0932. The Morgan fingerprint density at radius 3 is 2.52 bits per heavy atom. The molecule has 0 aliphatic carbocycles. The number of benzene rings is 2. The molecule has 2 aromatic carbocycles.